The Morgan fingerprint density at radius 2 is 1.52 bits per heavy atom. The zero-order valence-corrected chi connectivity index (χ0v) is 14.0. The molecule has 0 unspecified atom stereocenters. The van der Waals surface area contributed by atoms with E-state index in [0.717, 1.165) is 6.07 Å². The first-order valence-corrected chi connectivity index (χ1v) is 7.80. The van der Waals surface area contributed by atoms with Gasteiger partial charge in [-0.2, -0.15) is 0 Å². The van der Waals surface area contributed by atoms with Gasteiger partial charge < -0.3 is 10.1 Å². The van der Waals surface area contributed by atoms with Gasteiger partial charge >= 0.3 is 5.97 Å². The van der Waals surface area contributed by atoms with E-state index in [1.807, 2.05) is 0 Å². The second kappa shape index (κ2) is 9.66. The number of carbonyl (C=O) groups is 4. The van der Waals surface area contributed by atoms with Crippen LogP contribution in [0.5, 0.6) is 0 Å². The highest BCUT2D eigenvalue weighted by atomic mass is 19.1. The lowest BCUT2D eigenvalue weighted by atomic mass is 10.2. The third-order valence-corrected chi connectivity index (χ3v) is 3.23. The smallest absolute Gasteiger partial charge is 0.325 e. The zero-order chi connectivity index (χ0) is 19.6. The zero-order valence-electron chi connectivity index (χ0n) is 14.0. The van der Waals surface area contributed by atoms with Crippen molar-refractivity contribution in [2.24, 2.45) is 0 Å². The molecule has 9 heteroatoms. The molecule has 3 N–H and O–H groups in total. The molecule has 2 rings (SSSR count). The average Bonchev–Trinajstić information content (AvgIpc) is 2.69. The second-order valence-corrected chi connectivity index (χ2v) is 5.19. The van der Waals surface area contributed by atoms with Gasteiger partial charge in [0.2, 0.25) is 0 Å². The highest BCUT2D eigenvalue weighted by molar-refractivity contribution is 5.97. The van der Waals surface area contributed by atoms with Crippen molar-refractivity contribution in [2.45, 2.75) is 0 Å². The summed E-state index contributed by atoms with van der Waals surface area (Å²) in [6.45, 7) is -1.21. The predicted octanol–water partition coefficient (Wildman–Crippen LogP) is 0.560. The van der Waals surface area contributed by atoms with Crippen LogP contribution < -0.4 is 16.2 Å². The van der Waals surface area contributed by atoms with Crippen LogP contribution in [0.1, 0.15) is 20.7 Å². The summed E-state index contributed by atoms with van der Waals surface area (Å²) in [5.74, 6) is -3.72. The third kappa shape index (κ3) is 6.24. The van der Waals surface area contributed by atoms with E-state index in [2.05, 4.69) is 20.9 Å². The van der Waals surface area contributed by atoms with Crippen molar-refractivity contribution >= 4 is 23.7 Å². The van der Waals surface area contributed by atoms with Crippen LogP contribution >= 0.6 is 0 Å². The van der Waals surface area contributed by atoms with E-state index >= 15 is 0 Å². The number of esters is 1. The van der Waals surface area contributed by atoms with Gasteiger partial charge in [0, 0.05) is 5.56 Å². The molecular weight excluding hydrogens is 357 g/mol. The summed E-state index contributed by atoms with van der Waals surface area (Å²) in [4.78, 5) is 46.5. The topological polar surface area (TPSA) is 114 Å². The van der Waals surface area contributed by atoms with Crippen LogP contribution in [0, 0.1) is 5.82 Å². The number of hydrogen-bond acceptors (Lipinski definition) is 5. The number of halogens is 1. The Hall–Kier alpha value is -3.75. The van der Waals surface area contributed by atoms with Crippen LogP contribution in [-0.4, -0.2) is 36.8 Å². The molecule has 8 nitrogen and oxygen atoms in total. The Kier molecular flexibility index (Phi) is 7.00. The minimum absolute atomic E-state index is 0.216. The molecule has 0 aromatic heterocycles. The maximum absolute atomic E-state index is 13.4. The van der Waals surface area contributed by atoms with Crippen molar-refractivity contribution in [2.75, 3.05) is 13.2 Å². The van der Waals surface area contributed by atoms with Gasteiger partial charge in [-0.1, -0.05) is 30.3 Å². The number of hydrogen-bond donors (Lipinski definition) is 3. The van der Waals surface area contributed by atoms with Crippen molar-refractivity contribution in [3.63, 3.8) is 0 Å². The summed E-state index contributed by atoms with van der Waals surface area (Å²) in [6, 6.07) is 13.4. The molecule has 0 fully saturated rings. The fraction of sp³-hybridized carbons (Fsp3) is 0.111. The molecule has 0 aliphatic rings. The lowest BCUT2D eigenvalue weighted by molar-refractivity contribution is -0.147. The van der Waals surface area contributed by atoms with Crippen LogP contribution in [0.3, 0.4) is 0 Å². The highest BCUT2D eigenvalue weighted by Gasteiger charge is 2.14. The Balaban J connectivity index is 1.67. The van der Waals surface area contributed by atoms with E-state index in [1.165, 1.54) is 18.2 Å². The Bertz CT molecular complexity index is 842. The minimum atomic E-state index is -0.899. The van der Waals surface area contributed by atoms with Crippen molar-refractivity contribution in [3.8, 4) is 0 Å². The fourth-order valence-electron chi connectivity index (χ4n) is 1.91. The van der Waals surface area contributed by atoms with Crippen LogP contribution in [-0.2, 0) is 14.3 Å². The van der Waals surface area contributed by atoms with Crippen LogP contribution in [0.4, 0.5) is 4.39 Å². The number of nitrogens with one attached hydrogen (secondary N) is 3. The number of amides is 3. The molecule has 0 radical (unpaired) electrons. The van der Waals surface area contributed by atoms with E-state index < -0.39 is 42.7 Å². The van der Waals surface area contributed by atoms with Crippen molar-refractivity contribution in [3.05, 3.63) is 71.5 Å². The molecule has 2 aromatic rings. The normalized spacial score (nSPS) is 9.81. The lowest BCUT2D eigenvalue weighted by Crippen LogP contribution is -2.44. The first-order chi connectivity index (χ1) is 13.0. The van der Waals surface area contributed by atoms with Gasteiger partial charge in [-0.25, -0.2) is 4.39 Å². The fourth-order valence-corrected chi connectivity index (χ4v) is 1.91. The first-order valence-electron chi connectivity index (χ1n) is 7.80. The van der Waals surface area contributed by atoms with Crippen LogP contribution in [0.15, 0.2) is 54.6 Å². The predicted molar refractivity (Wildman–Crippen MR) is 91.7 cm³/mol. The van der Waals surface area contributed by atoms with E-state index in [0.29, 0.717) is 5.56 Å². The molecular formula is C18H16FN3O5. The molecule has 0 heterocycles. The molecule has 0 aliphatic heterocycles. The van der Waals surface area contributed by atoms with E-state index in [1.54, 1.807) is 30.3 Å². The van der Waals surface area contributed by atoms with E-state index in [4.69, 9.17) is 0 Å². The largest absolute Gasteiger partial charge is 0.454 e. The SMILES string of the molecule is O=C(COC(=O)CNC(=O)c1ccccc1F)NNC(=O)c1ccccc1. The van der Waals surface area contributed by atoms with E-state index in [9.17, 15) is 23.6 Å². The molecule has 0 aliphatic carbocycles. The second-order valence-electron chi connectivity index (χ2n) is 5.19. The maximum Gasteiger partial charge on any atom is 0.325 e. The average molecular weight is 373 g/mol. The lowest BCUT2D eigenvalue weighted by Gasteiger charge is -2.09. The van der Waals surface area contributed by atoms with Crippen molar-refractivity contribution < 1.29 is 28.3 Å². The third-order valence-electron chi connectivity index (χ3n) is 3.23. The van der Waals surface area contributed by atoms with Crippen molar-refractivity contribution in [1.82, 2.24) is 16.2 Å². The Morgan fingerprint density at radius 3 is 2.22 bits per heavy atom. The molecule has 140 valence electrons. The van der Waals surface area contributed by atoms with Gasteiger partial charge in [-0.3, -0.25) is 30.0 Å². The van der Waals surface area contributed by atoms with Gasteiger partial charge in [-0.05, 0) is 24.3 Å². The molecule has 0 bridgehead atoms. The Morgan fingerprint density at radius 1 is 0.852 bits per heavy atom. The standard InChI is InChI=1S/C18H16FN3O5/c19-14-9-5-4-8-13(14)18(26)20-10-16(24)27-11-15(23)21-22-17(25)12-6-2-1-3-7-12/h1-9H,10-11H2,(H,20,26)(H,21,23)(H,22,25). The summed E-state index contributed by atoms with van der Waals surface area (Å²) in [7, 11) is 0. The monoisotopic (exact) mass is 373 g/mol. The van der Waals surface area contributed by atoms with Gasteiger partial charge in [0.25, 0.3) is 17.7 Å². The summed E-state index contributed by atoms with van der Waals surface area (Å²) >= 11 is 0. The number of benzene rings is 2. The van der Waals surface area contributed by atoms with Gasteiger partial charge in [0.15, 0.2) is 6.61 Å². The van der Waals surface area contributed by atoms with Gasteiger partial charge in [0.1, 0.15) is 12.4 Å². The van der Waals surface area contributed by atoms with Gasteiger partial charge in [0.05, 0.1) is 5.56 Å². The molecule has 27 heavy (non-hydrogen) atoms. The number of hydrazine groups is 1. The van der Waals surface area contributed by atoms with Gasteiger partial charge in [-0.15, -0.1) is 0 Å². The summed E-state index contributed by atoms with van der Waals surface area (Å²) in [5.41, 5.74) is 4.36. The number of carbonyl (C=O) groups excluding carboxylic acids is 4. The van der Waals surface area contributed by atoms with E-state index in [-0.39, 0.29) is 5.56 Å². The quantitative estimate of drug-likeness (QED) is 0.506. The first kappa shape index (κ1) is 19.6. The molecule has 0 saturated heterocycles. The Labute approximate surface area is 153 Å². The molecule has 0 saturated carbocycles. The molecule has 0 atom stereocenters. The summed E-state index contributed by atoms with van der Waals surface area (Å²) < 4.78 is 18.1. The summed E-state index contributed by atoms with van der Waals surface area (Å²) in [6.07, 6.45) is 0. The summed E-state index contributed by atoms with van der Waals surface area (Å²) in [5, 5.41) is 2.18. The number of ether oxygens (including phenoxy) is 1. The molecule has 0 spiro atoms. The highest BCUT2D eigenvalue weighted by Crippen LogP contribution is 2.05. The maximum atomic E-state index is 13.4. The van der Waals surface area contributed by atoms with Crippen molar-refractivity contribution in [1.29, 1.82) is 0 Å². The number of rotatable bonds is 6. The molecule has 2 aromatic carbocycles. The van der Waals surface area contributed by atoms with Crippen LogP contribution in [0.25, 0.3) is 0 Å². The minimum Gasteiger partial charge on any atom is -0.454 e. The molecule has 3 amide bonds. The van der Waals surface area contributed by atoms with Crippen LogP contribution in [0.2, 0.25) is 0 Å².